The zero-order valence-electron chi connectivity index (χ0n) is 9.08. The van der Waals surface area contributed by atoms with Gasteiger partial charge in [0.15, 0.2) is 5.78 Å². The Morgan fingerprint density at radius 2 is 2.33 bits per heavy atom. The lowest BCUT2D eigenvalue weighted by atomic mass is 10.3. The highest BCUT2D eigenvalue weighted by Crippen LogP contribution is 2.21. The first kappa shape index (κ1) is 9.96. The smallest absolute Gasteiger partial charge is 0.157 e. The first-order valence-electron chi connectivity index (χ1n) is 5.22. The van der Waals surface area contributed by atoms with Gasteiger partial charge in [-0.2, -0.15) is 5.10 Å². The monoisotopic (exact) mass is 205 g/mol. The zero-order chi connectivity index (χ0) is 10.8. The molecule has 0 bridgehead atoms. The summed E-state index contributed by atoms with van der Waals surface area (Å²) in [5, 5.41) is 7.60. The molecule has 0 radical (unpaired) electrons. The number of nitrogens with zero attached hydrogens (tertiary/aromatic N) is 2. The Bertz CT molecular complexity index is 417. The highest BCUT2D eigenvalue weighted by atomic mass is 16.1. The lowest BCUT2D eigenvalue weighted by Crippen LogP contribution is -1.98. The van der Waals surface area contributed by atoms with E-state index in [1.807, 2.05) is 13.2 Å². The Labute approximate surface area is 89.0 Å². The fourth-order valence-corrected chi connectivity index (χ4v) is 1.77. The maximum atomic E-state index is 11.1. The third-order valence-electron chi connectivity index (χ3n) is 2.51. The van der Waals surface area contributed by atoms with Gasteiger partial charge in [0.25, 0.3) is 0 Å². The maximum Gasteiger partial charge on any atom is 0.157 e. The highest BCUT2D eigenvalue weighted by Gasteiger charge is 2.14. The van der Waals surface area contributed by atoms with Crippen molar-refractivity contribution in [2.75, 3.05) is 5.32 Å². The molecule has 1 aliphatic rings. The van der Waals surface area contributed by atoms with Crippen LogP contribution in [0.15, 0.2) is 18.0 Å². The molecule has 80 valence electrons. The van der Waals surface area contributed by atoms with Gasteiger partial charge in [0.05, 0.1) is 11.4 Å². The average Bonchev–Trinajstić information content (AvgIpc) is 2.73. The minimum absolute atomic E-state index is 0.208. The molecule has 0 saturated carbocycles. The van der Waals surface area contributed by atoms with Crippen LogP contribution in [0, 0.1) is 0 Å². The molecule has 0 atom stereocenters. The van der Waals surface area contributed by atoms with Crippen LogP contribution in [0.25, 0.3) is 0 Å². The molecule has 15 heavy (non-hydrogen) atoms. The van der Waals surface area contributed by atoms with Crippen LogP contribution in [0.3, 0.4) is 0 Å². The summed E-state index contributed by atoms with van der Waals surface area (Å²) >= 11 is 0. The van der Waals surface area contributed by atoms with Crippen molar-refractivity contribution in [2.45, 2.75) is 26.2 Å². The van der Waals surface area contributed by atoms with E-state index >= 15 is 0 Å². The summed E-state index contributed by atoms with van der Waals surface area (Å²) in [5.74, 6) is 0.208. The Morgan fingerprint density at radius 1 is 1.53 bits per heavy atom. The van der Waals surface area contributed by atoms with Crippen molar-refractivity contribution in [3.63, 3.8) is 0 Å². The standard InChI is InChI=1S/C11H15N3O/c1-3-10-11(7-14(2)13-10)12-8-4-5-9(15)6-8/h6-7,12H,3-5H2,1-2H3. The summed E-state index contributed by atoms with van der Waals surface area (Å²) < 4.78 is 1.79. The second kappa shape index (κ2) is 3.88. The van der Waals surface area contributed by atoms with Crippen molar-refractivity contribution in [2.24, 2.45) is 7.05 Å². The predicted octanol–water partition coefficient (Wildman–Crippen LogP) is 1.64. The number of aromatic nitrogens is 2. The molecular weight excluding hydrogens is 190 g/mol. The number of nitrogens with one attached hydrogen (secondary N) is 1. The van der Waals surface area contributed by atoms with E-state index in [2.05, 4.69) is 17.3 Å². The van der Waals surface area contributed by atoms with E-state index in [9.17, 15) is 4.79 Å². The Balaban J connectivity index is 2.16. The van der Waals surface area contributed by atoms with E-state index in [0.717, 1.165) is 29.9 Å². The van der Waals surface area contributed by atoms with Crippen LogP contribution in [-0.4, -0.2) is 15.6 Å². The molecule has 1 aromatic heterocycles. The molecule has 1 N–H and O–H groups in total. The second-order valence-electron chi connectivity index (χ2n) is 3.78. The third kappa shape index (κ3) is 2.09. The van der Waals surface area contributed by atoms with Gasteiger partial charge in [-0.3, -0.25) is 9.48 Å². The van der Waals surface area contributed by atoms with E-state index in [4.69, 9.17) is 0 Å². The molecule has 0 aliphatic heterocycles. The molecule has 4 nitrogen and oxygen atoms in total. The molecule has 0 spiro atoms. The molecular formula is C11H15N3O. The molecule has 2 rings (SSSR count). The number of aryl methyl sites for hydroxylation is 2. The number of ketones is 1. The third-order valence-corrected chi connectivity index (χ3v) is 2.51. The van der Waals surface area contributed by atoms with Crippen molar-refractivity contribution in [1.82, 2.24) is 9.78 Å². The Morgan fingerprint density at radius 3 is 2.93 bits per heavy atom. The highest BCUT2D eigenvalue weighted by molar-refractivity contribution is 5.93. The van der Waals surface area contributed by atoms with Crippen LogP contribution in [-0.2, 0) is 18.3 Å². The predicted molar refractivity (Wildman–Crippen MR) is 58.5 cm³/mol. The van der Waals surface area contributed by atoms with Gasteiger partial charge in [0.2, 0.25) is 0 Å². The lowest BCUT2D eigenvalue weighted by Gasteiger charge is -2.04. The summed E-state index contributed by atoms with van der Waals surface area (Å²) in [6.07, 6.45) is 5.97. The number of hydrogen-bond donors (Lipinski definition) is 1. The SMILES string of the molecule is CCc1nn(C)cc1NC1=CC(=O)CC1. The van der Waals surface area contributed by atoms with Crippen molar-refractivity contribution in [1.29, 1.82) is 0 Å². The van der Waals surface area contributed by atoms with Crippen LogP contribution >= 0.6 is 0 Å². The van der Waals surface area contributed by atoms with E-state index in [-0.39, 0.29) is 5.78 Å². The fourth-order valence-electron chi connectivity index (χ4n) is 1.77. The molecule has 0 saturated heterocycles. The van der Waals surface area contributed by atoms with Gasteiger partial charge < -0.3 is 5.32 Å². The minimum atomic E-state index is 0.208. The van der Waals surface area contributed by atoms with E-state index in [1.54, 1.807) is 10.8 Å². The van der Waals surface area contributed by atoms with Gasteiger partial charge in [-0.25, -0.2) is 0 Å². The topological polar surface area (TPSA) is 46.9 Å². The number of hydrogen-bond acceptors (Lipinski definition) is 3. The quantitative estimate of drug-likeness (QED) is 0.816. The lowest BCUT2D eigenvalue weighted by molar-refractivity contribution is -0.114. The van der Waals surface area contributed by atoms with Gasteiger partial charge >= 0.3 is 0 Å². The van der Waals surface area contributed by atoms with E-state index in [1.165, 1.54) is 0 Å². The molecule has 1 heterocycles. The number of allylic oxidation sites excluding steroid dienone is 2. The Hall–Kier alpha value is -1.58. The van der Waals surface area contributed by atoms with E-state index < -0.39 is 0 Å². The van der Waals surface area contributed by atoms with Gasteiger partial charge in [0, 0.05) is 31.4 Å². The van der Waals surface area contributed by atoms with Crippen LogP contribution in [0.2, 0.25) is 0 Å². The first-order valence-corrected chi connectivity index (χ1v) is 5.22. The summed E-state index contributed by atoms with van der Waals surface area (Å²) in [5.41, 5.74) is 3.06. The largest absolute Gasteiger partial charge is 0.356 e. The maximum absolute atomic E-state index is 11.1. The van der Waals surface area contributed by atoms with Gasteiger partial charge in [-0.15, -0.1) is 0 Å². The summed E-state index contributed by atoms with van der Waals surface area (Å²) in [6, 6.07) is 0. The van der Waals surface area contributed by atoms with Crippen LogP contribution in [0.4, 0.5) is 5.69 Å². The molecule has 0 aromatic carbocycles. The first-order chi connectivity index (χ1) is 7.19. The van der Waals surface area contributed by atoms with Gasteiger partial charge in [-0.1, -0.05) is 6.92 Å². The molecule has 0 amide bonds. The summed E-state index contributed by atoms with van der Waals surface area (Å²) in [4.78, 5) is 11.1. The van der Waals surface area contributed by atoms with Gasteiger partial charge in [0.1, 0.15) is 0 Å². The summed E-state index contributed by atoms with van der Waals surface area (Å²) in [6.45, 7) is 2.07. The van der Waals surface area contributed by atoms with Crippen LogP contribution in [0.1, 0.15) is 25.5 Å². The van der Waals surface area contributed by atoms with Crippen molar-refractivity contribution in [3.8, 4) is 0 Å². The summed E-state index contributed by atoms with van der Waals surface area (Å²) in [7, 11) is 1.90. The van der Waals surface area contributed by atoms with Crippen molar-refractivity contribution >= 4 is 11.5 Å². The fraction of sp³-hybridized carbons (Fsp3) is 0.455. The second-order valence-corrected chi connectivity index (χ2v) is 3.78. The van der Waals surface area contributed by atoms with Crippen LogP contribution < -0.4 is 5.32 Å². The number of rotatable bonds is 3. The molecule has 4 heteroatoms. The number of anilines is 1. The molecule has 0 unspecified atom stereocenters. The zero-order valence-corrected chi connectivity index (χ0v) is 9.08. The number of carbonyl (C=O) groups excluding carboxylic acids is 1. The number of carbonyl (C=O) groups is 1. The molecule has 0 fully saturated rings. The van der Waals surface area contributed by atoms with Crippen molar-refractivity contribution < 1.29 is 4.79 Å². The Kier molecular flexibility index (Phi) is 2.58. The molecule has 1 aromatic rings. The molecule has 1 aliphatic carbocycles. The van der Waals surface area contributed by atoms with Gasteiger partial charge in [-0.05, 0) is 12.8 Å². The van der Waals surface area contributed by atoms with E-state index in [0.29, 0.717) is 6.42 Å². The minimum Gasteiger partial charge on any atom is -0.356 e. The van der Waals surface area contributed by atoms with Crippen molar-refractivity contribution in [3.05, 3.63) is 23.7 Å². The average molecular weight is 205 g/mol. The normalized spacial score (nSPS) is 15.6. The van der Waals surface area contributed by atoms with Crippen LogP contribution in [0.5, 0.6) is 0 Å².